The lowest BCUT2D eigenvalue weighted by molar-refractivity contribution is -0.00767. The molecule has 1 heterocycles. The van der Waals surface area contributed by atoms with Gasteiger partial charge in [0.05, 0.1) is 0 Å². The Balaban J connectivity index is 2.21. The number of halogens is 2. The molecule has 0 nitrogen and oxygen atoms in total. The average molecular weight is 246 g/mol. The molecule has 1 aliphatic heterocycles. The van der Waals surface area contributed by atoms with Gasteiger partial charge in [-0.05, 0) is 23.7 Å². The van der Waals surface area contributed by atoms with E-state index in [4.69, 9.17) is 11.8 Å². The zero-order valence-corrected chi connectivity index (χ0v) is 10.0. The second-order valence-corrected chi connectivity index (χ2v) is 9.31. The van der Waals surface area contributed by atoms with Crippen molar-refractivity contribution in [3.05, 3.63) is 30.3 Å². The minimum Gasteiger partial charge on any atom is -0.207 e. The van der Waals surface area contributed by atoms with Crippen LogP contribution in [0.25, 0.3) is 0 Å². The van der Waals surface area contributed by atoms with Gasteiger partial charge in [-0.3, -0.25) is 0 Å². The van der Waals surface area contributed by atoms with Gasteiger partial charge in [0.25, 0.3) is 0 Å². The van der Waals surface area contributed by atoms with Crippen molar-refractivity contribution in [3.8, 4) is 0 Å². The van der Waals surface area contributed by atoms with Crippen LogP contribution < -0.4 is 5.30 Å². The van der Waals surface area contributed by atoms with Crippen molar-refractivity contribution in [2.24, 2.45) is 0 Å². The summed E-state index contributed by atoms with van der Waals surface area (Å²) in [7, 11) is 0. The Labute approximate surface area is 93.7 Å². The molecule has 0 aliphatic carbocycles. The smallest absolute Gasteiger partial charge is 0.207 e. The maximum absolute atomic E-state index is 13.0. The van der Waals surface area contributed by atoms with Gasteiger partial charge in [-0.25, -0.2) is 8.78 Å². The summed E-state index contributed by atoms with van der Waals surface area (Å²) in [6, 6.07) is 8.10. The fraction of sp³-hybridized carbons (Fsp3) is 0.455. The first-order valence-corrected chi connectivity index (χ1v) is 8.21. The second kappa shape index (κ2) is 3.95. The van der Waals surface area contributed by atoms with Crippen LogP contribution in [0.15, 0.2) is 30.3 Å². The molecule has 0 amide bonds. The lowest BCUT2D eigenvalue weighted by Gasteiger charge is -2.31. The quantitative estimate of drug-likeness (QED) is 0.686. The summed E-state index contributed by atoms with van der Waals surface area (Å²) in [5.41, 5.74) is 0. The van der Waals surface area contributed by atoms with Crippen LogP contribution in [0.5, 0.6) is 0 Å². The highest BCUT2D eigenvalue weighted by Crippen LogP contribution is 2.53. The van der Waals surface area contributed by atoms with E-state index in [9.17, 15) is 8.78 Å². The van der Waals surface area contributed by atoms with Crippen molar-refractivity contribution in [2.75, 3.05) is 12.3 Å². The number of hydrogen-bond acceptors (Lipinski definition) is 1. The van der Waals surface area contributed by atoms with Gasteiger partial charge in [0.15, 0.2) is 0 Å². The Hall–Kier alpha value is -0.270. The fourth-order valence-corrected chi connectivity index (χ4v) is 5.63. The van der Waals surface area contributed by atoms with Crippen molar-refractivity contribution in [2.45, 2.75) is 18.8 Å². The van der Waals surface area contributed by atoms with Crippen molar-refractivity contribution < 1.29 is 8.78 Å². The maximum Gasteiger partial charge on any atom is 0.248 e. The first kappa shape index (κ1) is 11.2. The van der Waals surface area contributed by atoms with Crippen LogP contribution in [0.2, 0.25) is 0 Å². The van der Waals surface area contributed by atoms with Crippen LogP contribution in [0, 0.1) is 0 Å². The van der Waals surface area contributed by atoms with Gasteiger partial charge in [-0.1, -0.05) is 42.1 Å². The van der Waals surface area contributed by atoms with E-state index < -0.39 is 12.0 Å². The summed E-state index contributed by atoms with van der Waals surface area (Å²) >= 11 is 5.60. The molecule has 15 heavy (non-hydrogen) atoms. The van der Waals surface area contributed by atoms with E-state index in [1.807, 2.05) is 30.3 Å². The third-order valence-corrected chi connectivity index (χ3v) is 7.76. The van der Waals surface area contributed by atoms with E-state index in [-0.39, 0.29) is 12.8 Å². The van der Waals surface area contributed by atoms with E-state index in [0.29, 0.717) is 12.3 Å². The van der Waals surface area contributed by atoms with Gasteiger partial charge in [-0.2, -0.15) is 0 Å². The van der Waals surface area contributed by atoms with Gasteiger partial charge in [-0.15, -0.1) is 0 Å². The van der Waals surface area contributed by atoms with E-state index in [2.05, 4.69) is 0 Å². The van der Waals surface area contributed by atoms with Crippen LogP contribution in [0.1, 0.15) is 12.8 Å². The zero-order chi connectivity index (χ0) is 10.9. The monoisotopic (exact) mass is 246 g/mol. The standard InChI is InChI=1S/C11H13F2PS/c12-11(13)6-8-14(15,9-7-11)10-4-2-1-3-5-10/h1-5H,6-9H2. The topological polar surface area (TPSA) is 0 Å². The number of alkyl halides is 2. The maximum atomic E-state index is 13.0. The molecule has 1 fully saturated rings. The molecule has 1 aromatic carbocycles. The third-order valence-electron chi connectivity index (χ3n) is 2.90. The van der Waals surface area contributed by atoms with Crippen molar-refractivity contribution in [1.29, 1.82) is 0 Å². The molecule has 0 unspecified atom stereocenters. The number of benzene rings is 1. The fourth-order valence-electron chi connectivity index (χ4n) is 1.88. The number of hydrogen-bond donors (Lipinski definition) is 0. The molecule has 0 spiro atoms. The Morgan fingerprint density at radius 2 is 1.60 bits per heavy atom. The third kappa shape index (κ3) is 2.46. The van der Waals surface area contributed by atoms with Crippen LogP contribution in [0.4, 0.5) is 8.78 Å². The Kier molecular flexibility index (Phi) is 2.96. The van der Waals surface area contributed by atoms with Crippen LogP contribution >= 0.6 is 6.04 Å². The molecule has 0 aromatic heterocycles. The number of rotatable bonds is 1. The summed E-state index contributed by atoms with van der Waals surface area (Å²) in [6.45, 7) is 0. The largest absolute Gasteiger partial charge is 0.248 e. The average Bonchev–Trinajstić information content (AvgIpc) is 2.24. The summed E-state index contributed by atoms with van der Waals surface area (Å²) in [5.74, 6) is -2.48. The van der Waals surface area contributed by atoms with Gasteiger partial charge in [0.2, 0.25) is 5.92 Å². The van der Waals surface area contributed by atoms with E-state index in [1.165, 1.54) is 0 Å². The minimum atomic E-state index is -2.48. The Bertz CT molecular complexity index is 375. The highest BCUT2D eigenvalue weighted by molar-refractivity contribution is 8.18. The SMILES string of the molecule is FC1(F)CCP(=S)(c2ccccc2)CC1. The van der Waals surface area contributed by atoms with E-state index in [1.54, 1.807) is 0 Å². The minimum absolute atomic E-state index is 0.0286. The zero-order valence-electron chi connectivity index (χ0n) is 8.33. The molecule has 1 saturated heterocycles. The molecule has 1 aliphatic rings. The lowest BCUT2D eigenvalue weighted by Crippen LogP contribution is -2.28. The lowest BCUT2D eigenvalue weighted by atomic mass is 10.2. The molecule has 0 bridgehead atoms. The van der Waals surface area contributed by atoms with Crippen LogP contribution in [-0.2, 0) is 11.8 Å². The predicted octanol–water partition coefficient (Wildman–Crippen LogP) is 3.22. The molecular weight excluding hydrogens is 233 g/mol. The van der Waals surface area contributed by atoms with Gasteiger partial charge in [0.1, 0.15) is 0 Å². The van der Waals surface area contributed by atoms with E-state index in [0.717, 1.165) is 5.30 Å². The molecule has 0 radical (unpaired) electrons. The second-order valence-electron chi connectivity index (χ2n) is 4.03. The molecule has 4 heteroatoms. The summed E-state index contributed by atoms with van der Waals surface area (Å²) in [6.07, 6.45) is 0.969. The Morgan fingerprint density at radius 1 is 1.07 bits per heavy atom. The van der Waals surface area contributed by atoms with E-state index >= 15 is 0 Å². The summed E-state index contributed by atoms with van der Waals surface area (Å²) in [5, 5.41) is 1.12. The molecular formula is C11H13F2PS. The van der Waals surface area contributed by atoms with Gasteiger partial charge < -0.3 is 0 Å². The Morgan fingerprint density at radius 3 is 2.13 bits per heavy atom. The summed E-state index contributed by atoms with van der Waals surface area (Å²) < 4.78 is 26.1. The van der Waals surface area contributed by atoms with Crippen molar-refractivity contribution in [3.63, 3.8) is 0 Å². The first-order chi connectivity index (χ1) is 7.02. The van der Waals surface area contributed by atoms with Crippen molar-refractivity contribution >= 4 is 23.1 Å². The highest BCUT2D eigenvalue weighted by Gasteiger charge is 2.38. The highest BCUT2D eigenvalue weighted by atomic mass is 32.4. The first-order valence-electron chi connectivity index (χ1n) is 5.03. The summed E-state index contributed by atoms with van der Waals surface area (Å²) in [4.78, 5) is 0. The molecule has 0 saturated carbocycles. The van der Waals surface area contributed by atoms with Crippen LogP contribution in [0.3, 0.4) is 0 Å². The van der Waals surface area contributed by atoms with Gasteiger partial charge >= 0.3 is 0 Å². The predicted molar refractivity (Wildman–Crippen MR) is 64.3 cm³/mol. The molecule has 0 atom stereocenters. The normalized spacial score (nSPS) is 23.6. The molecule has 0 N–H and O–H groups in total. The molecule has 82 valence electrons. The van der Waals surface area contributed by atoms with Crippen molar-refractivity contribution in [1.82, 2.24) is 0 Å². The van der Waals surface area contributed by atoms with Gasteiger partial charge in [0, 0.05) is 12.8 Å². The van der Waals surface area contributed by atoms with Crippen LogP contribution in [-0.4, -0.2) is 18.2 Å². The molecule has 1 aromatic rings. The molecule has 2 rings (SSSR count).